The molecule has 0 aromatic carbocycles. The number of carbonyl (C=O) groups is 1. The number of rotatable bonds is 17. The van der Waals surface area contributed by atoms with Crippen LogP contribution in [0, 0.1) is 5.82 Å². The van der Waals surface area contributed by atoms with E-state index >= 15 is 0 Å². The lowest BCUT2D eigenvalue weighted by molar-refractivity contribution is -0.0232. The minimum absolute atomic E-state index is 0.0224. The summed E-state index contributed by atoms with van der Waals surface area (Å²) < 4.78 is 41.7. The van der Waals surface area contributed by atoms with Crippen molar-refractivity contribution in [3.05, 3.63) is 33.9 Å². The fourth-order valence-corrected chi connectivity index (χ4v) is 4.08. The van der Waals surface area contributed by atoms with E-state index in [0.717, 1.165) is 25.5 Å². The third kappa shape index (κ3) is 9.43. The summed E-state index contributed by atoms with van der Waals surface area (Å²) in [6.45, 7) is 11.9. The predicted octanol–water partition coefficient (Wildman–Crippen LogP) is 4.44. The molecule has 0 aliphatic heterocycles. The number of aryl methyl sites for hydroxylation is 1. The largest absolute Gasteiger partial charge is 0.378 e. The molecular formula is C27H42F2N4O4. The molecule has 2 aromatic heterocycles. The summed E-state index contributed by atoms with van der Waals surface area (Å²) in [5, 5.41) is 3.08. The normalized spacial score (nSPS) is 13.5. The van der Waals surface area contributed by atoms with Gasteiger partial charge in [-0.1, -0.05) is 6.92 Å². The Kier molecular flexibility index (Phi) is 12.6. The van der Waals surface area contributed by atoms with Crippen LogP contribution < -0.4 is 10.7 Å². The molecule has 10 heteroatoms. The van der Waals surface area contributed by atoms with E-state index in [2.05, 4.69) is 15.2 Å². The van der Waals surface area contributed by atoms with E-state index < -0.39 is 17.4 Å². The molecule has 2 aromatic rings. The van der Waals surface area contributed by atoms with Crippen LogP contribution >= 0.6 is 0 Å². The standard InChI is InChI=1S/C27H42F2N4O4/c1-7-21(37-18(3)4)14-20(28)17-36-13-9-11-32(6)12-10-30-26-24(29)15-22-25(35)23(19(5)34)16-33(8-2)27(22)31-26/h15-16,18,20-21H,7-14,17H2,1-6H3,(H,30,31). The molecule has 208 valence electrons. The number of carbonyl (C=O) groups excluding carboxylic acids is 1. The molecule has 2 heterocycles. The SMILES string of the molecule is CCC(CC(F)COCCCN(C)CCNc1nc2c(cc1F)c(=O)c(C(C)=O)cn2CC)OC(C)C. The van der Waals surface area contributed by atoms with Gasteiger partial charge in [0.15, 0.2) is 17.4 Å². The summed E-state index contributed by atoms with van der Waals surface area (Å²) in [6, 6.07) is 1.14. The van der Waals surface area contributed by atoms with Crippen LogP contribution in [0.4, 0.5) is 14.6 Å². The van der Waals surface area contributed by atoms with Gasteiger partial charge in [-0.2, -0.15) is 0 Å². The monoisotopic (exact) mass is 524 g/mol. The highest BCUT2D eigenvalue weighted by Crippen LogP contribution is 2.18. The van der Waals surface area contributed by atoms with Gasteiger partial charge in [0.2, 0.25) is 5.43 Å². The minimum Gasteiger partial charge on any atom is -0.378 e. The first kappa shape index (κ1) is 30.8. The molecule has 2 atom stereocenters. The van der Waals surface area contributed by atoms with Gasteiger partial charge in [0.1, 0.15) is 11.8 Å². The Morgan fingerprint density at radius 3 is 2.62 bits per heavy atom. The molecule has 37 heavy (non-hydrogen) atoms. The molecule has 2 rings (SSSR count). The number of aromatic nitrogens is 2. The summed E-state index contributed by atoms with van der Waals surface area (Å²) in [5.74, 6) is -0.952. The van der Waals surface area contributed by atoms with Gasteiger partial charge in [0.05, 0.1) is 29.8 Å². The smallest absolute Gasteiger partial charge is 0.201 e. The second kappa shape index (κ2) is 15.1. The summed E-state index contributed by atoms with van der Waals surface area (Å²) in [6.07, 6.45) is 2.27. The fraction of sp³-hybridized carbons (Fsp3) is 0.667. The molecule has 1 N–H and O–H groups in total. The molecule has 0 amide bonds. The molecule has 0 fully saturated rings. The fourth-order valence-electron chi connectivity index (χ4n) is 4.08. The van der Waals surface area contributed by atoms with Crippen molar-refractivity contribution in [1.29, 1.82) is 0 Å². The lowest BCUT2D eigenvalue weighted by Crippen LogP contribution is -2.28. The van der Waals surface area contributed by atoms with Gasteiger partial charge in [0, 0.05) is 45.4 Å². The maximum absolute atomic E-state index is 14.7. The van der Waals surface area contributed by atoms with Gasteiger partial charge in [-0.3, -0.25) is 9.59 Å². The number of ketones is 1. The Bertz CT molecular complexity index is 1080. The summed E-state index contributed by atoms with van der Waals surface area (Å²) >= 11 is 0. The minimum atomic E-state index is -1.05. The number of alkyl halides is 1. The van der Waals surface area contributed by atoms with Crippen LogP contribution in [0.15, 0.2) is 17.1 Å². The summed E-state index contributed by atoms with van der Waals surface area (Å²) in [5.41, 5.74) is -0.159. The quantitative estimate of drug-likeness (QED) is 0.242. The number of pyridine rings is 2. The second-order valence-corrected chi connectivity index (χ2v) is 9.61. The van der Waals surface area contributed by atoms with Crippen LogP contribution in [0.1, 0.15) is 64.2 Å². The third-order valence-electron chi connectivity index (χ3n) is 6.07. The number of nitrogens with one attached hydrogen (secondary N) is 1. The van der Waals surface area contributed by atoms with E-state index in [9.17, 15) is 18.4 Å². The molecular weight excluding hydrogens is 482 g/mol. The van der Waals surface area contributed by atoms with Crippen molar-refractivity contribution < 1.29 is 23.0 Å². The maximum Gasteiger partial charge on any atom is 0.201 e. The maximum atomic E-state index is 14.7. The Morgan fingerprint density at radius 1 is 1.27 bits per heavy atom. The zero-order valence-electron chi connectivity index (χ0n) is 23.0. The van der Waals surface area contributed by atoms with E-state index in [-0.39, 0.29) is 41.4 Å². The lowest BCUT2D eigenvalue weighted by Gasteiger charge is -2.21. The first-order valence-electron chi connectivity index (χ1n) is 13.1. The number of hydrogen-bond acceptors (Lipinski definition) is 7. The molecule has 0 aliphatic rings. The van der Waals surface area contributed by atoms with Crippen molar-refractivity contribution in [1.82, 2.24) is 14.5 Å². The van der Waals surface area contributed by atoms with Crippen molar-refractivity contribution in [2.24, 2.45) is 0 Å². The van der Waals surface area contributed by atoms with Crippen LogP contribution in [0.3, 0.4) is 0 Å². The molecule has 0 saturated carbocycles. The van der Waals surface area contributed by atoms with E-state index in [4.69, 9.17) is 9.47 Å². The Morgan fingerprint density at radius 2 is 2.00 bits per heavy atom. The van der Waals surface area contributed by atoms with Gasteiger partial charge >= 0.3 is 0 Å². The molecule has 0 bridgehead atoms. The van der Waals surface area contributed by atoms with Crippen molar-refractivity contribution >= 4 is 22.6 Å². The molecule has 0 aliphatic carbocycles. The highest BCUT2D eigenvalue weighted by Gasteiger charge is 2.17. The van der Waals surface area contributed by atoms with Crippen LogP contribution in [-0.4, -0.2) is 78.5 Å². The highest BCUT2D eigenvalue weighted by molar-refractivity contribution is 5.96. The first-order chi connectivity index (χ1) is 17.6. The molecule has 2 unspecified atom stereocenters. The van der Waals surface area contributed by atoms with Gasteiger partial charge in [-0.05, 0) is 53.7 Å². The molecule has 8 nitrogen and oxygen atoms in total. The average molecular weight is 525 g/mol. The summed E-state index contributed by atoms with van der Waals surface area (Å²) in [4.78, 5) is 30.8. The van der Waals surface area contributed by atoms with Crippen LogP contribution in [-0.2, 0) is 16.0 Å². The van der Waals surface area contributed by atoms with Gasteiger partial charge < -0.3 is 24.3 Å². The number of hydrogen-bond donors (Lipinski definition) is 1. The van der Waals surface area contributed by atoms with Crippen LogP contribution in [0.25, 0.3) is 11.0 Å². The Labute approximate surface area is 218 Å². The number of halogens is 2. The van der Waals surface area contributed by atoms with E-state index in [0.29, 0.717) is 38.3 Å². The number of anilines is 1. The molecule has 0 spiro atoms. The van der Waals surface area contributed by atoms with Crippen LogP contribution in [0.2, 0.25) is 0 Å². The zero-order chi connectivity index (χ0) is 27.5. The number of nitrogens with zero attached hydrogens (tertiary/aromatic N) is 3. The van der Waals surface area contributed by atoms with Crippen molar-refractivity contribution in [3.8, 4) is 0 Å². The summed E-state index contributed by atoms with van der Waals surface area (Å²) in [7, 11) is 1.94. The predicted molar refractivity (Wildman–Crippen MR) is 143 cm³/mol. The van der Waals surface area contributed by atoms with Crippen molar-refractivity contribution in [2.75, 3.05) is 45.2 Å². The van der Waals surface area contributed by atoms with Crippen molar-refractivity contribution in [2.45, 2.75) is 78.8 Å². The average Bonchev–Trinajstić information content (AvgIpc) is 2.83. The Hall–Kier alpha value is -2.43. The number of likely N-dealkylation sites (N-methyl/N-ethyl adjacent to an activating group) is 1. The molecule has 0 radical (unpaired) electrons. The Balaban J connectivity index is 1.79. The topological polar surface area (TPSA) is 85.7 Å². The van der Waals surface area contributed by atoms with E-state index in [1.807, 2.05) is 34.7 Å². The van der Waals surface area contributed by atoms with Crippen LogP contribution in [0.5, 0.6) is 0 Å². The number of Topliss-reactive ketones (excluding diaryl/α,β-unsaturated/α-hetero) is 1. The van der Waals surface area contributed by atoms with E-state index in [1.54, 1.807) is 4.57 Å². The third-order valence-corrected chi connectivity index (χ3v) is 6.07. The number of ether oxygens (including phenoxy) is 2. The zero-order valence-corrected chi connectivity index (χ0v) is 23.0. The first-order valence-corrected chi connectivity index (χ1v) is 13.1. The lowest BCUT2D eigenvalue weighted by atomic mass is 10.1. The van der Waals surface area contributed by atoms with Crippen molar-refractivity contribution in [3.63, 3.8) is 0 Å². The van der Waals surface area contributed by atoms with Gasteiger partial charge in [-0.25, -0.2) is 13.8 Å². The number of fused-ring (bicyclic) bond motifs is 1. The van der Waals surface area contributed by atoms with Gasteiger partial charge in [-0.15, -0.1) is 0 Å². The molecule has 0 saturated heterocycles. The second-order valence-electron chi connectivity index (χ2n) is 9.61. The highest BCUT2D eigenvalue weighted by atomic mass is 19.1. The van der Waals surface area contributed by atoms with E-state index in [1.165, 1.54) is 13.1 Å². The van der Waals surface area contributed by atoms with Gasteiger partial charge in [0.25, 0.3) is 0 Å².